The Morgan fingerprint density at radius 1 is 1.38 bits per heavy atom. The highest BCUT2D eigenvalue weighted by atomic mass is 32.2. The third kappa shape index (κ3) is 3.40. The van der Waals surface area contributed by atoms with E-state index in [1.807, 2.05) is 6.07 Å². The molecule has 1 aromatic rings. The lowest BCUT2D eigenvalue weighted by Gasteiger charge is -2.22. The van der Waals surface area contributed by atoms with E-state index in [4.69, 9.17) is 0 Å². The van der Waals surface area contributed by atoms with Crippen molar-refractivity contribution in [2.24, 2.45) is 5.41 Å². The number of carbonyl (C=O) groups excluding carboxylic acids is 2. The SMILES string of the molecule is O=C(CC1(C(=O)O)CCSC1)Nc1cccc(N2CCCC2=O)c1. The molecule has 3 rings (SSSR count). The molecule has 24 heavy (non-hydrogen) atoms. The molecule has 0 aromatic heterocycles. The van der Waals surface area contributed by atoms with Crippen molar-refractivity contribution in [1.29, 1.82) is 0 Å². The van der Waals surface area contributed by atoms with E-state index in [0.717, 1.165) is 17.9 Å². The van der Waals surface area contributed by atoms with Crippen molar-refractivity contribution in [2.45, 2.75) is 25.7 Å². The van der Waals surface area contributed by atoms with Crippen molar-refractivity contribution in [2.75, 3.05) is 28.3 Å². The Kier molecular flexibility index (Phi) is 4.80. The molecule has 1 unspecified atom stereocenters. The Bertz CT molecular complexity index is 670. The zero-order valence-electron chi connectivity index (χ0n) is 13.3. The number of rotatable bonds is 5. The molecule has 7 heteroatoms. The number of aliphatic carboxylic acids is 1. The molecule has 0 spiro atoms. The van der Waals surface area contributed by atoms with Crippen LogP contribution in [0.2, 0.25) is 0 Å². The van der Waals surface area contributed by atoms with Gasteiger partial charge in [0.15, 0.2) is 0 Å². The molecule has 2 N–H and O–H groups in total. The van der Waals surface area contributed by atoms with Gasteiger partial charge in [-0.1, -0.05) is 6.07 Å². The second-order valence-corrected chi connectivity index (χ2v) is 7.42. The first-order valence-electron chi connectivity index (χ1n) is 8.02. The van der Waals surface area contributed by atoms with E-state index >= 15 is 0 Å². The summed E-state index contributed by atoms with van der Waals surface area (Å²) in [7, 11) is 0. The zero-order valence-corrected chi connectivity index (χ0v) is 14.1. The fourth-order valence-corrected chi connectivity index (χ4v) is 4.62. The maximum atomic E-state index is 12.3. The molecule has 0 aliphatic carbocycles. The second-order valence-electron chi connectivity index (χ2n) is 6.31. The van der Waals surface area contributed by atoms with Crippen LogP contribution in [0.4, 0.5) is 11.4 Å². The van der Waals surface area contributed by atoms with Gasteiger partial charge in [0.25, 0.3) is 0 Å². The number of nitrogens with zero attached hydrogens (tertiary/aromatic N) is 1. The summed E-state index contributed by atoms with van der Waals surface area (Å²) >= 11 is 1.57. The molecule has 2 heterocycles. The highest BCUT2D eigenvalue weighted by Gasteiger charge is 2.43. The molecule has 1 atom stereocenters. The summed E-state index contributed by atoms with van der Waals surface area (Å²) in [4.78, 5) is 37.4. The van der Waals surface area contributed by atoms with Crippen LogP contribution in [-0.4, -0.2) is 40.9 Å². The van der Waals surface area contributed by atoms with Gasteiger partial charge in [0, 0.05) is 36.5 Å². The number of nitrogens with one attached hydrogen (secondary N) is 1. The van der Waals surface area contributed by atoms with Crippen molar-refractivity contribution in [3.63, 3.8) is 0 Å². The predicted molar refractivity (Wildman–Crippen MR) is 93.3 cm³/mol. The van der Waals surface area contributed by atoms with Crippen molar-refractivity contribution in [3.05, 3.63) is 24.3 Å². The first-order chi connectivity index (χ1) is 11.5. The third-order valence-corrected chi connectivity index (χ3v) is 5.82. The van der Waals surface area contributed by atoms with E-state index in [1.54, 1.807) is 34.9 Å². The van der Waals surface area contributed by atoms with Crippen molar-refractivity contribution >= 4 is 40.9 Å². The number of anilines is 2. The van der Waals surface area contributed by atoms with Crippen LogP contribution in [0.25, 0.3) is 0 Å². The minimum Gasteiger partial charge on any atom is -0.481 e. The summed E-state index contributed by atoms with van der Waals surface area (Å²) in [6.07, 6.45) is 1.88. The number of hydrogen-bond donors (Lipinski definition) is 2. The number of carbonyl (C=O) groups is 3. The monoisotopic (exact) mass is 348 g/mol. The van der Waals surface area contributed by atoms with Crippen LogP contribution in [0.1, 0.15) is 25.7 Å². The van der Waals surface area contributed by atoms with E-state index in [-0.39, 0.29) is 18.2 Å². The minimum absolute atomic E-state index is 0.0256. The molecule has 128 valence electrons. The number of hydrogen-bond acceptors (Lipinski definition) is 4. The third-order valence-electron chi connectivity index (χ3n) is 4.57. The van der Waals surface area contributed by atoms with E-state index in [1.165, 1.54) is 0 Å². The maximum absolute atomic E-state index is 12.3. The summed E-state index contributed by atoms with van der Waals surface area (Å²) in [5.74, 6) is 0.125. The fraction of sp³-hybridized carbons (Fsp3) is 0.471. The van der Waals surface area contributed by atoms with Gasteiger partial charge in [-0.15, -0.1) is 0 Å². The summed E-state index contributed by atoms with van der Waals surface area (Å²) in [6.45, 7) is 0.690. The average molecular weight is 348 g/mol. The minimum atomic E-state index is -0.961. The van der Waals surface area contributed by atoms with Crippen LogP contribution >= 0.6 is 11.8 Å². The first-order valence-corrected chi connectivity index (χ1v) is 9.17. The van der Waals surface area contributed by atoms with Crippen molar-refractivity contribution in [1.82, 2.24) is 0 Å². The molecular weight excluding hydrogens is 328 g/mol. The number of benzene rings is 1. The zero-order chi connectivity index (χ0) is 17.2. The molecule has 0 saturated carbocycles. The van der Waals surface area contributed by atoms with Gasteiger partial charge in [-0.2, -0.15) is 11.8 Å². The quantitative estimate of drug-likeness (QED) is 0.853. The van der Waals surface area contributed by atoms with Gasteiger partial charge in [0.2, 0.25) is 11.8 Å². The van der Waals surface area contributed by atoms with Gasteiger partial charge in [-0.3, -0.25) is 14.4 Å². The lowest BCUT2D eigenvalue weighted by Crippen LogP contribution is -2.35. The van der Waals surface area contributed by atoms with Gasteiger partial charge < -0.3 is 15.3 Å². The number of carboxylic acids is 1. The van der Waals surface area contributed by atoms with E-state index in [2.05, 4.69) is 5.32 Å². The Labute approximate surface area is 144 Å². The Morgan fingerprint density at radius 3 is 2.83 bits per heavy atom. The summed E-state index contributed by atoms with van der Waals surface area (Å²) in [5, 5.41) is 12.2. The second kappa shape index (κ2) is 6.84. The summed E-state index contributed by atoms with van der Waals surface area (Å²) in [6, 6.07) is 7.14. The molecule has 0 bridgehead atoms. The van der Waals surface area contributed by atoms with Gasteiger partial charge in [0.05, 0.1) is 5.41 Å². The van der Waals surface area contributed by atoms with Crippen LogP contribution in [-0.2, 0) is 14.4 Å². The molecule has 2 fully saturated rings. The maximum Gasteiger partial charge on any atom is 0.311 e. The standard InChI is InChI=1S/C17H20N2O4S/c20-14(10-17(16(22)23)6-8-24-11-17)18-12-3-1-4-13(9-12)19-7-2-5-15(19)21/h1,3-4,9H,2,5-8,10-11H2,(H,18,20)(H,22,23). The smallest absolute Gasteiger partial charge is 0.311 e. The Balaban J connectivity index is 1.68. The van der Waals surface area contributed by atoms with Crippen LogP contribution in [0.15, 0.2) is 24.3 Å². The lowest BCUT2D eigenvalue weighted by molar-refractivity contribution is -0.149. The highest BCUT2D eigenvalue weighted by Crippen LogP contribution is 2.39. The van der Waals surface area contributed by atoms with Crippen LogP contribution in [0.3, 0.4) is 0 Å². The predicted octanol–water partition coefficient (Wildman–Crippen LogP) is 2.35. The number of thioether (sulfide) groups is 1. The van der Waals surface area contributed by atoms with E-state index < -0.39 is 11.4 Å². The molecule has 6 nitrogen and oxygen atoms in total. The molecule has 2 aliphatic rings. The molecule has 2 saturated heterocycles. The Morgan fingerprint density at radius 2 is 2.21 bits per heavy atom. The highest BCUT2D eigenvalue weighted by molar-refractivity contribution is 7.99. The van der Waals surface area contributed by atoms with Gasteiger partial charge in [0.1, 0.15) is 0 Å². The molecule has 0 radical (unpaired) electrons. The van der Waals surface area contributed by atoms with Crippen LogP contribution < -0.4 is 10.2 Å². The number of carboxylic acid groups (broad SMARTS) is 1. The van der Waals surface area contributed by atoms with Crippen LogP contribution in [0.5, 0.6) is 0 Å². The first kappa shape index (κ1) is 16.8. The molecule has 2 aliphatic heterocycles. The summed E-state index contributed by atoms with van der Waals surface area (Å²) < 4.78 is 0. The number of amides is 2. The molecular formula is C17H20N2O4S. The van der Waals surface area contributed by atoms with Gasteiger partial charge in [-0.05, 0) is 36.8 Å². The van der Waals surface area contributed by atoms with Crippen molar-refractivity contribution < 1.29 is 19.5 Å². The van der Waals surface area contributed by atoms with Crippen molar-refractivity contribution in [3.8, 4) is 0 Å². The molecule has 1 aromatic carbocycles. The van der Waals surface area contributed by atoms with Gasteiger partial charge >= 0.3 is 5.97 Å². The largest absolute Gasteiger partial charge is 0.481 e. The van der Waals surface area contributed by atoms with Crippen LogP contribution in [0, 0.1) is 5.41 Å². The topological polar surface area (TPSA) is 86.7 Å². The van der Waals surface area contributed by atoms with E-state index in [0.29, 0.717) is 30.8 Å². The van der Waals surface area contributed by atoms with E-state index in [9.17, 15) is 19.5 Å². The normalized spacial score (nSPS) is 23.5. The molecule has 2 amide bonds. The Hall–Kier alpha value is -2.02. The van der Waals surface area contributed by atoms with Gasteiger partial charge in [-0.25, -0.2) is 0 Å². The summed E-state index contributed by atoms with van der Waals surface area (Å²) in [5.41, 5.74) is 0.389. The fourth-order valence-electron chi connectivity index (χ4n) is 3.18. The average Bonchev–Trinajstić information content (AvgIpc) is 3.17. The lowest BCUT2D eigenvalue weighted by atomic mass is 9.84.